The Morgan fingerprint density at radius 1 is 1.50 bits per heavy atom. The second kappa shape index (κ2) is 5.83. The van der Waals surface area contributed by atoms with E-state index in [4.69, 9.17) is 4.74 Å². The van der Waals surface area contributed by atoms with Gasteiger partial charge < -0.3 is 15.2 Å². The largest absolute Gasteiger partial charge is 0.490 e. The van der Waals surface area contributed by atoms with E-state index < -0.39 is 11.5 Å². The summed E-state index contributed by atoms with van der Waals surface area (Å²) in [6.45, 7) is 6.68. The van der Waals surface area contributed by atoms with Crippen molar-refractivity contribution >= 4 is 5.97 Å². The van der Waals surface area contributed by atoms with E-state index in [0.29, 0.717) is 19.4 Å². The number of carboxylic acids is 1. The molecule has 4 nitrogen and oxygen atoms in total. The van der Waals surface area contributed by atoms with Crippen LogP contribution in [0.15, 0.2) is 18.2 Å². The maximum absolute atomic E-state index is 11.5. The number of rotatable bonds is 5. The summed E-state index contributed by atoms with van der Waals surface area (Å²) in [7, 11) is 0. The fraction of sp³-hybridized carbons (Fsp3) is 0.562. The molecule has 0 bridgehead atoms. The lowest BCUT2D eigenvalue weighted by molar-refractivity contribution is -0.144. The minimum atomic E-state index is -0.822. The highest BCUT2D eigenvalue weighted by molar-refractivity contribution is 5.79. The van der Waals surface area contributed by atoms with Crippen LogP contribution < -0.4 is 10.1 Å². The van der Waals surface area contributed by atoms with Crippen molar-refractivity contribution < 1.29 is 14.6 Å². The van der Waals surface area contributed by atoms with Gasteiger partial charge >= 0.3 is 5.97 Å². The number of likely N-dealkylation sites (N-methyl/N-ethyl adjacent to an activating group) is 1. The normalized spacial score (nSPS) is 25.6. The number of aryl methyl sites for hydroxylation is 1. The maximum Gasteiger partial charge on any atom is 0.324 e. The summed E-state index contributed by atoms with van der Waals surface area (Å²) in [6, 6.07) is 5.98. The molecule has 0 radical (unpaired) electrons. The third-order valence-corrected chi connectivity index (χ3v) is 4.24. The highest BCUT2D eigenvalue weighted by atomic mass is 16.5. The highest BCUT2D eigenvalue weighted by Gasteiger charge is 2.45. The predicted molar refractivity (Wildman–Crippen MR) is 78.2 cm³/mol. The summed E-state index contributed by atoms with van der Waals surface area (Å²) in [6.07, 6.45) is 1.87. The van der Waals surface area contributed by atoms with Gasteiger partial charge in [0.2, 0.25) is 0 Å². The minimum absolute atomic E-state index is 0.0364. The predicted octanol–water partition coefficient (Wildman–Crippen LogP) is 2.67. The molecule has 1 aliphatic rings. The molecule has 1 aromatic carbocycles. The Labute approximate surface area is 120 Å². The van der Waals surface area contributed by atoms with Crippen LogP contribution in [0.1, 0.15) is 37.3 Å². The van der Waals surface area contributed by atoms with Gasteiger partial charge in [0.25, 0.3) is 0 Å². The number of nitrogens with one attached hydrogen (secondary N) is 1. The Kier molecular flexibility index (Phi) is 4.33. The van der Waals surface area contributed by atoms with Crippen molar-refractivity contribution in [1.29, 1.82) is 0 Å². The minimum Gasteiger partial charge on any atom is -0.490 e. The first kappa shape index (κ1) is 14.9. The van der Waals surface area contributed by atoms with E-state index in [9.17, 15) is 9.90 Å². The summed E-state index contributed by atoms with van der Waals surface area (Å²) in [5.74, 6) is 0.0964. The van der Waals surface area contributed by atoms with Gasteiger partial charge in [0.1, 0.15) is 17.4 Å². The molecule has 0 saturated heterocycles. The second-order valence-electron chi connectivity index (χ2n) is 5.60. The van der Waals surface area contributed by atoms with Crippen molar-refractivity contribution in [3.05, 3.63) is 29.3 Å². The number of carbonyl (C=O) groups is 1. The lowest BCUT2D eigenvalue weighted by Crippen LogP contribution is -2.50. The molecule has 0 amide bonds. The molecule has 1 aliphatic carbocycles. The van der Waals surface area contributed by atoms with Crippen LogP contribution >= 0.6 is 0 Å². The van der Waals surface area contributed by atoms with E-state index in [1.54, 1.807) is 0 Å². The lowest BCUT2D eigenvalue weighted by atomic mass is 9.98. The molecule has 0 heterocycles. The zero-order chi connectivity index (χ0) is 14.8. The van der Waals surface area contributed by atoms with Gasteiger partial charge in [-0.25, -0.2) is 0 Å². The van der Waals surface area contributed by atoms with Crippen LogP contribution in [0.5, 0.6) is 5.75 Å². The monoisotopic (exact) mass is 277 g/mol. The molecule has 4 heteroatoms. The van der Waals surface area contributed by atoms with E-state index in [-0.39, 0.29) is 6.10 Å². The van der Waals surface area contributed by atoms with Gasteiger partial charge in [-0.15, -0.1) is 0 Å². The van der Waals surface area contributed by atoms with E-state index in [1.165, 1.54) is 5.56 Å². The fourth-order valence-electron chi connectivity index (χ4n) is 2.90. The van der Waals surface area contributed by atoms with Crippen LogP contribution in [-0.4, -0.2) is 29.3 Å². The molecule has 2 rings (SSSR count). The Morgan fingerprint density at radius 2 is 2.25 bits per heavy atom. The highest BCUT2D eigenvalue weighted by Crippen LogP contribution is 2.34. The number of carboxylic acid groups (broad SMARTS) is 1. The average molecular weight is 277 g/mol. The van der Waals surface area contributed by atoms with Crippen molar-refractivity contribution in [3.8, 4) is 5.75 Å². The van der Waals surface area contributed by atoms with Gasteiger partial charge in [-0.1, -0.05) is 19.1 Å². The van der Waals surface area contributed by atoms with Gasteiger partial charge in [0.05, 0.1) is 0 Å². The van der Waals surface area contributed by atoms with Crippen LogP contribution in [0.4, 0.5) is 0 Å². The summed E-state index contributed by atoms with van der Waals surface area (Å²) in [5, 5.41) is 12.6. The van der Waals surface area contributed by atoms with Crippen molar-refractivity contribution in [2.45, 2.75) is 51.7 Å². The van der Waals surface area contributed by atoms with E-state index in [0.717, 1.165) is 17.7 Å². The summed E-state index contributed by atoms with van der Waals surface area (Å²) < 4.78 is 6.04. The summed E-state index contributed by atoms with van der Waals surface area (Å²) in [5.41, 5.74) is 1.50. The molecule has 2 N–H and O–H groups in total. The van der Waals surface area contributed by atoms with Crippen LogP contribution in [0, 0.1) is 13.8 Å². The van der Waals surface area contributed by atoms with Gasteiger partial charge in [-0.05, 0) is 50.4 Å². The molecule has 0 aromatic heterocycles. The molecule has 0 aliphatic heterocycles. The van der Waals surface area contributed by atoms with E-state index >= 15 is 0 Å². The van der Waals surface area contributed by atoms with Gasteiger partial charge in [-0.3, -0.25) is 4.79 Å². The zero-order valence-corrected chi connectivity index (χ0v) is 12.4. The van der Waals surface area contributed by atoms with Crippen molar-refractivity contribution in [1.82, 2.24) is 5.32 Å². The second-order valence-corrected chi connectivity index (χ2v) is 5.60. The lowest BCUT2D eigenvalue weighted by Gasteiger charge is -2.25. The SMILES string of the molecule is CCNC1(C(=O)O)CCC(Oc2cccc(C)c2C)C1. The quantitative estimate of drug-likeness (QED) is 0.868. The third-order valence-electron chi connectivity index (χ3n) is 4.24. The number of hydrogen-bond donors (Lipinski definition) is 2. The molecular formula is C16H23NO3. The Balaban J connectivity index is 2.09. The molecule has 0 spiro atoms. The molecule has 2 atom stereocenters. The topological polar surface area (TPSA) is 58.6 Å². The summed E-state index contributed by atoms with van der Waals surface area (Å²) in [4.78, 5) is 11.5. The van der Waals surface area contributed by atoms with Crippen LogP contribution in [0.3, 0.4) is 0 Å². The van der Waals surface area contributed by atoms with Gasteiger partial charge in [0.15, 0.2) is 0 Å². The smallest absolute Gasteiger partial charge is 0.324 e. The summed E-state index contributed by atoms with van der Waals surface area (Å²) >= 11 is 0. The zero-order valence-electron chi connectivity index (χ0n) is 12.4. The number of ether oxygens (including phenoxy) is 1. The standard InChI is InChI=1S/C16H23NO3/c1-4-17-16(15(18)19)9-8-13(10-16)20-14-7-5-6-11(2)12(14)3/h5-7,13,17H,4,8-10H2,1-3H3,(H,18,19). The first-order chi connectivity index (χ1) is 9.48. The number of benzene rings is 1. The van der Waals surface area contributed by atoms with Crippen LogP contribution in [-0.2, 0) is 4.79 Å². The number of hydrogen-bond acceptors (Lipinski definition) is 3. The number of aliphatic carboxylic acids is 1. The van der Waals surface area contributed by atoms with Crippen LogP contribution in [0.2, 0.25) is 0 Å². The Morgan fingerprint density at radius 3 is 2.90 bits per heavy atom. The van der Waals surface area contributed by atoms with Gasteiger partial charge in [-0.2, -0.15) is 0 Å². The first-order valence-electron chi connectivity index (χ1n) is 7.20. The fourth-order valence-corrected chi connectivity index (χ4v) is 2.90. The van der Waals surface area contributed by atoms with Crippen molar-refractivity contribution in [2.75, 3.05) is 6.54 Å². The first-order valence-corrected chi connectivity index (χ1v) is 7.20. The average Bonchev–Trinajstić information content (AvgIpc) is 2.80. The van der Waals surface area contributed by atoms with Crippen molar-refractivity contribution in [3.63, 3.8) is 0 Å². The molecule has 1 aromatic rings. The van der Waals surface area contributed by atoms with E-state index in [1.807, 2.05) is 26.0 Å². The molecule has 1 saturated carbocycles. The maximum atomic E-state index is 11.5. The van der Waals surface area contributed by atoms with Crippen molar-refractivity contribution in [2.24, 2.45) is 0 Å². The molecule has 1 fully saturated rings. The third kappa shape index (κ3) is 2.80. The Bertz CT molecular complexity index is 500. The van der Waals surface area contributed by atoms with Crippen LogP contribution in [0.25, 0.3) is 0 Å². The molecule has 20 heavy (non-hydrogen) atoms. The molecule has 2 unspecified atom stereocenters. The van der Waals surface area contributed by atoms with Gasteiger partial charge in [0, 0.05) is 6.42 Å². The van der Waals surface area contributed by atoms with E-state index in [2.05, 4.69) is 18.3 Å². The Hall–Kier alpha value is -1.55. The molecular weight excluding hydrogens is 254 g/mol. The molecule has 110 valence electrons.